The van der Waals surface area contributed by atoms with Crippen LogP contribution < -0.4 is 5.32 Å². The molecule has 0 amide bonds. The first-order valence-electron chi connectivity index (χ1n) is 6.77. The van der Waals surface area contributed by atoms with Gasteiger partial charge < -0.3 is 9.88 Å². The molecule has 0 radical (unpaired) electrons. The van der Waals surface area contributed by atoms with Crippen molar-refractivity contribution in [2.45, 2.75) is 33.4 Å². The van der Waals surface area contributed by atoms with Crippen LogP contribution in [-0.4, -0.2) is 16.1 Å². The number of imidazole rings is 1. The second-order valence-electron chi connectivity index (χ2n) is 4.52. The fourth-order valence-corrected chi connectivity index (χ4v) is 2.07. The van der Waals surface area contributed by atoms with Gasteiger partial charge in [0.1, 0.15) is 11.6 Å². The second-order valence-corrected chi connectivity index (χ2v) is 4.52. The van der Waals surface area contributed by atoms with Gasteiger partial charge in [0.05, 0.1) is 0 Å². The molecule has 1 N–H and O–H groups in total. The van der Waals surface area contributed by atoms with Gasteiger partial charge in [0.2, 0.25) is 0 Å². The summed E-state index contributed by atoms with van der Waals surface area (Å²) in [7, 11) is 0. The van der Waals surface area contributed by atoms with Crippen molar-refractivity contribution in [1.82, 2.24) is 14.9 Å². The van der Waals surface area contributed by atoms with Crippen LogP contribution in [0.25, 0.3) is 11.4 Å². The number of nitrogens with one attached hydrogen (secondary N) is 1. The number of aromatic nitrogens is 2. The molecular formula is C15H20FN3. The smallest absolute Gasteiger partial charge is 0.139 e. The molecule has 0 aliphatic heterocycles. The van der Waals surface area contributed by atoms with Crippen LogP contribution in [0.2, 0.25) is 0 Å². The average Bonchev–Trinajstić information content (AvgIpc) is 2.89. The van der Waals surface area contributed by atoms with Crippen LogP contribution in [0.15, 0.2) is 30.6 Å². The summed E-state index contributed by atoms with van der Waals surface area (Å²) in [6, 6.07) is 5.19. The van der Waals surface area contributed by atoms with Crippen molar-refractivity contribution < 1.29 is 4.39 Å². The number of hydrogen-bond acceptors (Lipinski definition) is 2. The van der Waals surface area contributed by atoms with Gasteiger partial charge in [-0.25, -0.2) is 9.37 Å². The maximum Gasteiger partial charge on any atom is 0.139 e. The molecule has 0 saturated heterocycles. The summed E-state index contributed by atoms with van der Waals surface area (Å²) in [4.78, 5) is 4.34. The quantitative estimate of drug-likeness (QED) is 0.809. The van der Waals surface area contributed by atoms with Crippen molar-refractivity contribution >= 4 is 0 Å². The Bertz CT molecular complexity index is 534. The molecule has 3 nitrogen and oxygen atoms in total. The lowest BCUT2D eigenvalue weighted by molar-refractivity contribution is 0.586. The lowest BCUT2D eigenvalue weighted by atomic mass is 10.1. The summed E-state index contributed by atoms with van der Waals surface area (Å²) >= 11 is 0. The van der Waals surface area contributed by atoms with Gasteiger partial charge in [-0.05, 0) is 38.1 Å². The highest BCUT2D eigenvalue weighted by Gasteiger charge is 2.08. The van der Waals surface area contributed by atoms with Crippen molar-refractivity contribution in [1.29, 1.82) is 0 Å². The summed E-state index contributed by atoms with van der Waals surface area (Å²) in [6.07, 6.45) is 4.76. The number of halogens is 1. The number of aryl methyl sites for hydroxylation is 1. The average molecular weight is 261 g/mol. The molecule has 2 rings (SSSR count). The third-order valence-electron chi connectivity index (χ3n) is 3.10. The minimum atomic E-state index is -0.165. The van der Waals surface area contributed by atoms with Crippen LogP contribution in [0.3, 0.4) is 0 Å². The number of nitrogens with zero attached hydrogens (tertiary/aromatic N) is 2. The van der Waals surface area contributed by atoms with Gasteiger partial charge in [0.15, 0.2) is 0 Å². The molecular weight excluding hydrogens is 241 g/mol. The maximum atomic E-state index is 13.8. The molecule has 0 atom stereocenters. The molecule has 0 saturated carbocycles. The van der Waals surface area contributed by atoms with Crippen molar-refractivity contribution in [3.05, 3.63) is 42.0 Å². The summed E-state index contributed by atoms with van der Waals surface area (Å²) in [5.41, 5.74) is 1.65. The predicted molar refractivity (Wildman–Crippen MR) is 75.3 cm³/mol. The maximum absolute atomic E-state index is 13.8. The lowest BCUT2D eigenvalue weighted by Gasteiger charge is -2.09. The van der Waals surface area contributed by atoms with E-state index in [0.717, 1.165) is 30.9 Å². The molecule has 19 heavy (non-hydrogen) atoms. The minimum Gasteiger partial charge on any atom is -0.331 e. The van der Waals surface area contributed by atoms with Crippen molar-refractivity contribution in [2.24, 2.45) is 0 Å². The van der Waals surface area contributed by atoms with Gasteiger partial charge in [-0.15, -0.1) is 0 Å². The van der Waals surface area contributed by atoms with Crippen LogP contribution in [0.5, 0.6) is 0 Å². The summed E-state index contributed by atoms with van der Waals surface area (Å²) in [5.74, 6) is 0.723. The Morgan fingerprint density at radius 1 is 1.32 bits per heavy atom. The lowest BCUT2D eigenvalue weighted by Crippen LogP contribution is -2.15. The Hall–Kier alpha value is -1.68. The minimum absolute atomic E-state index is 0.165. The molecule has 0 unspecified atom stereocenters. The van der Waals surface area contributed by atoms with Gasteiger partial charge >= 0.3 is 0 Å². The highest BCUT2D eigenvalue weighted by molar-refractivity contribution is 5.57. The van der Waals surface area contributed by atoms with E-state index < -0.39 is 0 Å². The van der Waals surface area contributed by atoms with Gasteiger partial charge in [-0.2, -0.15) is 0 Å². The van der Waals surface area contributed by atoms with E-state index in [1.165, 1.54) is 6.07 Å². The van der Waals surface area contributed by atoms with E-state index in [-0.39, 0.29) is 5.82 Å². The SMILES string of the molecule is CCCNCc1cc(-c2nccn2CC)ccc1F. The summed E-state index contributed by atoms with van der Waals surface area (Å²) in [6.45, 7) is 6.47. The van der Waals surface area contributed by atoms with Crippen molar-refractivity contribution in [2.75, 3.05) is 6.54 Å². The van der Waals surface area contributed by atoms with E-state index in [1.807, 2.05) is 12.3 Å². The topological polar surface area (TPSA) is 29.9 Å². The number of hydrogen-bond donors (Lipinski definition) is 1. The fraction of sp³-hybridized carbons (Fsp3) is 0.400. The molecule has 0 aliphatic rings. The van der Waals surface area contributed by atoms with Crippen LogP contribution in [-0.2, 0) is 13.1 Å². The fourth-order valence-electron chi connectivity index (χ4n) is 2.07. The Morgan fingerprint density at radius 3 is 2.89 bits per heavy atom. The monoisotopic (exact) mass is 261 g/mol. The summed E-state index contributed by atoms with van der Waals surface area (Å²) in [5, 5.41) is 3.23. The van der Waals surface area contributed by atoms with Gasteiger partial charge in [-0.1, -0.05) is 6.92 Å². The van der Waals surface area contributed by atoms with Crippen LogP contribution >= 0.6 is 0 Å². The zero-order valence-electron chi connectivity index (χ0n) is 11.5. The van der Waals surface area contributed by atoms with E-state index in [4.69, 9.17) is 0 Å². The van der Waals surface area contributed by atoms with Crippen LogP contribution in [0, 0.1) is 5.82 Å². The Kier molecular flexibility index (Phi) is 4.68. The Labute approximate surface area is 113 Å². The standard InChI is InChI=1S/C15H20FN3/c1-3-7-17-11-13-10-12(5-6-14(13)16)15-18-8-9-19(15)4-2/h5-6,8-10,17H,3-4,7,11H2,1-2H3. The Balaban J connectivity index is 2.25. The van der Waals surface area contributed by atoms with Gasteiger partial charge in [0.25, 0.3) is 0 Å². The molecule has 0 bridgehead atoms. The zero-order valence-corrected chi connectivity index (χ0v) is 11.5. The van der Waals surface area contributed by atoms with Crippen LogP contribution in [0.4, 0.5) is 4.39 Å². The number of benzene rings is 1. The molecule has 1 aromatic carbocycles. The molecule has 0 spiro atoms. The molecule has 4 heteroatoms. The first kappa shape index (κ1) is 13.7. The van der Waals surface area contributed by atoms with Gasteiger partial charge in [-0.3, -0.25) is 0 Å². The van der Waals surface area contributed by atoms with E-state index >= 15 is 0 Å². The van der Waals surface area contributed by atoms with Crippen molar-refractivity contribution in [3.8, 4) is 11.4 Å². The first-order valence-corrected chi connectivity index (χ1v) is 6.77. The molecule has 1 aromatic heterocycles. The van der Waals surface area contributed by atoms with E-state index in [9.17, 15) is 4.39 Å². The largest absolute Gasteiger partial charge is 0.331 e. The highest BCUT2D eigenvalue weighted by Crippen LogP contribution is 2.20. The Morgan fingerprint density at radius 2 is 2.16 bits per heavy atom. The van der Waals surface area contributed by atoms with E-state index in [1.54, 1.807) is 12.3 Å². The molecule has 0 fully saturated rings. The second kappa shape index (κ2) is 6.48. The molecule has 1 heterocycles. The predicted octanol–water partition coefficient (Wildman–Crippen LogP) is 3.21. The third kappa shape index (κ3) is 3.20. The van der Waals surface area contributed by atoms with E-state index in [0.29, 0.717) is 12.1 Å². The van der Waals surface area contributed by atoms with Gasteiger partial charge in [0, 0.05) is 36.6 Å². The van der Waals surface area contributed by atoms with Crippen LogP contribution in [0.1, 0.15) is 25.8 Å². The summed E-state index contributed by atoms with van der Waals surface area (Å²) < 4.78 is 15.8. The normalized spacial score (nSPS) is 10.9. The van der Waals surface area contributed by atoms with E-state index in [2.05, 4.69) is 28.7 Å². The third-order valence-corrected chi connectivity index (χ3v) is 3.10. The highest BCUT2D eigenvalue weighted by atomic mass is 19.1. The molecule has 0 aliphatic carbocycles. The van der Waals surface area contributed by atoms with Crippen molar-refractivity contribution in [3.63, 3.8) is 0 Å². The zero-order chi connectivity index (χ0) is 13.7. The molecule has 102 valence electrons. The first-order chi connectivity index (χ1) is 9.26. The number of rotatable bonds is 6. The molecule has 2 aromatic rings.